The first-order chi connectivity index (χ1) is 11.8. The maximum Gasteiger partial charge on any atom is 0.0724 e. The zero-order chi connectivity index (χ0) is 18.0. The number of hydrogen-bond acceptors (Lipinski definition) is 3. The summed E-state index contributed by atoms with van der Waals surface area (Å²) in [5.74, 6) is 2.49. The molecule has 0 amide bonds. The summed E-state index contributed by atoms with van der Waals surface area (Å²) in [5, 5.41) is 30.9. The van der Waals surface area contributed by atoms with Crippen molar-refractivity contribution in [2.24, 2.45) is 40.4 Å². The number of hydrogen-bond donors (Lipinski definition) is 3. The van der Waals surface area contributed by atoms with Gasteiger partial charge in [0.2, 0.25) is 0 Å². The summed E-state index contributed by atoms with van der Waals surface area (Å²) in [7, 11) is 0. The predicted octanol–water partition coefficient (Wildman–Crippen LogP) is 3.53. The third-order valence-electron chi connectivity index (χ3n) is 9.16. The van der Waals surface area contributed by atoms with Gasteiger partial charge >= 0.3 is 0 Å². The molecule has 0 aliphatic heterocycles. The van der Waals surface area contributed by atoms with Crippen molar-refractivity contribution in [1.29, 1.82) is 0 Å². The van der Waals surface area contributed by atoms with Gasteiger partial charge in [-0.25, -0.2) is 0 Å². The van der Waals surface area contributed by atoms with Gasteiger partial charge < -0.3 is 15.3 Å². The van der Waals surface area contributed by atoms with Gasteiger partial charge in [0, 0.05) is 6.61 Å². The second-order valence-electron chi connectivity index (χ2n) is 10.2. The van der Waals surface area contributed by atoms with E-state index in [-0.39, 0.29) is 29.6 Å². The average Bonchev–Trinajstić information content (AvgIpc) is 2.93. The molecule has 142 valence electrons. The molecule has 0 bridgehead atoms. The van der Waals surface area contributed by atoms with E-state index < -0.39 is 0 Å². The van der Waals surface area contributed by atoms with E-state index in [9.17, 15) is 15.3 Å². The molecule has 9 atom stereocenters. The molecule has 25 heavy (non-hydrogen) atoms. The fraction of sp³-hybridized carbons (Fsp3) is 0.909. The lowest BCUT2D eigenvalue weighted by atomic mass is 9.45. The van der Waals surface area contributed by atoms with Crippen LogP contribution in [0.25, 0.3) is 0 Å². The van der Waals surface area contributed by atoms with Crippen molar-refractivity contribution in [2.45, 2.75) is 77.9 Å². The van der Waals surface area contributed by atoms with E-state index in [1.807, 2.05) is 0 Å². The van der Waals surface area contributed by atoms with E-state index in [2.05, 4.69) is 26.8 Å². The highest BCUT2D eigenvalue weighted by Crippen LogP contribution is 2.67. The van der Waals surface area contributed by atoms with Gasteiger partial charge in [-0.1, -0.05) is 32.4 Å². The monoisotopic (exact) mass is 348 g/mol. The first-order valence-corrected chi connectivity index (χ1v) is 10.5. The molecule has 0 heterocycles. The SMILES string of the molecule is C[C@H](CO)[C@H]1CCC2[C@H]3C(CC[C@@]21C)[C@@]1(C)CCC(O)C=C1C[C@@H]3O. The van der Waals surface area contributed by atoms with Crippen molar-refractivity contribution in [1.82, 2.24) is 0 Å². The molecule has 0 aromatic carbocycles. The van der Waals surface area contributed by atoms with Crippen molar-refractivity contribution >= 4 is 0 Å². The quantitative estimate of drug-likeness (QED) is 0.669. The van der Waals surface area contributed by atoms with Crippen molar-refractivity contribution in [3.8, 4) is 0 Å². The van der Waals surface area contributed by atoms with Crippen molar-refractivity contribution in [2.75, 3.05) is 6.61 Å². The second kappa shape index (κ2) is 6.07. The van der Waals surface area contributed by atoms with E-state index >= 15 is 0 Å². The van der Waals surface area contributed by atoms with Crippen LogP contribution in [0.3, 0.4) is 0 Å². The Labute approximate surface area is 152 Å². The van der Waals surface area contributed by atoms with E-state index in [0.29, 0.717) is 29.6 Å². The molecule has 0 radical (unpaired) electrons. The Bertz CT molecular complexity index is 557. The first kappa shape index (κ1) is 18.0. The van der Waals surface area contributed by atoms with Crippen molar-refractivity contribution < 1.29 is 15.3 Å². The average molecular weight is 349 g/mol. The standard InChI is InChI=1S/C22H36O3/c1-13(12-23)16-4-5-17-20-18(7-9-22(16,17)3)21(2)8-6-15(24)10-14(21)11-19(20)25/h10,13,15-20,23-25H,4-9,11-12H2,1-3H3/t13-,15?,16-,17?,18?,19+,20+,21+,22-/m1/s1. The number of fused-ring (bicyclic) bond motifs is 5. The molecule has 4 aliphatic rings. The summed E-state index contributed by atoms with van der Waals surface area (Å²) >= 11 is 0. The van der Waals surface area contributed by atoms with Crippen LogP contribution in [0.15, 0.2) is 11.6 Å². The summed E-state index contributed by atoms with van der Waals surface area (Å²) < 4.78 is 0. The van der Waals surface area contributed by atoms with Gasteiger partial charge in [-0.3, -0.25) is 0 Å². The Morgan fingerprint density at radius 1 is 1.08 bits per heavy atom. The van der Waals surface area contributed by atoms with E-state index in [1.54, 1.807) is 0 Å². The predicted molar refractivity (Wildman–Crippen MR) is 98.8 cm³/mol. The Kier molecular flexibility index (Phi) is 4.37. The molecular weight excluding hydrogens is 312 g/mol. The highest BCUT2D eigenvalue weighted by molar-refractivity contribution is 5.27. The molecule has 3 N–H and O–H groups in total. The van der Waals surface area contributed by atoms with Crippen molar-refractivity contribution in [3.63, 3.8) is 0 Å². The van der Waals surface area contributed by atoms with E-state index in [0.717, 1.165) is 19.3 Å². The largest absolute Gasteiger partial charge is 0.396 e. The molecule has 3 nitrogen and oxygen atoms in total. The molecule has 4 aliphatic carbocycles. The third kappa shape index (κ3) is 2.49. The fourth-order valence-electron chi connectivity index (χ4n) is 7.78. The van der Waals surface area contributed by atoms with Crippen LogP contribution in [-0.4, -0.2) is 34.1 Å². The van der Waals surface area contributed by atoms with Crippen LogP contribution in [0.1, 0.15) is 65.7 Å². The first-order valence-electron chi connectivity index (χ1n) is 10.5. The van der Waals surface area contributed by atoms with Crippen LogP contribution in [0.2, 0.25) is 0 Å². The van der Waals surface area contributed by atoms with Gasteiger partial charge in [0.25, 0.3) is 0 Å². The molecule has 0 aromatic rings. The normalized spacial score (nSPS) is 53.4. The number of rotatable bonds is 2. The minimum absolute atomic E-state index is 0.172. The molecule has 3 fully saturated rings. The summed E-state index contributed by atoms with van der Waals surface area (Å²) in [6.45, 7) is 7.33. The molecular formula is C22H36O3. The zero-order valence-corrected chi connectivity index (χ0v) is 16.1. The Balaban J connectivity index is 1.67. The number of aliphatic hydroxyl groups excluding tert-OH is 3. The lowest BCUT2D eigenvalue weighted by Gasteiger charge is -2.60. The maximum absolute atomic E-state index is 11.1. The number of aliphatic hydroxyl groups is 3. The zero-order valence-electron chi connectivity index (χ0n) is 16.1. The minimum Gasteiger partial charge on any atom is -0.396 e. The van der Waals surface area contributed by atoms with Crippen LogP contribution in [-0.2, 0) is 0 Å². The molecule has 0 aromatic heterocycles. The second-order valence-corrected chi connectivity index (χ2v) is 10.2. The molecule has 0 spiro atoms. The highest BCUT2D eigenvalue weighted by Gasteiger charge is 2.61. The summed E-state index contributed by atoms with van der Waals surface area (Å²) in [4.78, 5) is 0. The smallest absolute Gasteiger partial charge is 0.0724 e. The lowest BCUT2D eigenvalue weighted by molar-refractivity contribution is -0.116. The van der Waals surface area contributed by atoms with Crippen LogP contribution in [0.4, 0.5) is 0 Å². The minimum atomic E-state index is -0.318. The summed E-state index contributed by atoms with van der Waals surface area (Å²) in [6.07, 6.45) is 8.99. The van der Waals surface area contributed by atoms with Gasteiger partial charge in [0.1, 0.15) is 0 Å². The molecule has 0 saturated heterocycles. The maximum atomic E-state index is 11.1. The van der Waals surface area contributed by atoms with Gasteiger partial charge in [-0.05, 0) is 85.4 Å². The van der Waals surface area contributed by atoms with E-state index in [4.69, 9.17) is 0 Å². The van der Waals surface area contributed by atoms with E-state index in [1.165, 1.54) is 31.3 Å². The molecule has 3 unspecified atom stereocenters. The Hall–Kier alpha value is -0.380. The third-order valence-corrected chi connectivity index (χ3v) is 9.16. The van der Waals surface area contributed by atoms with Crippen LogP contribution in [0, 0.1) is 40.4 Å². The Morgan fingerprint density at radius 2 is 1.84 bits per heavy atom. The van der Waals surface area contributed by atoms with Crippen LogP contribution >= 0.6 is 0 Å². The topological polar surface area (TPSA) is 60.7 Å². The summed E-state index contributed by atoms with van der Waals surface area (Å²) in [6, 6.07) is 0. The summed E-state index contributed by atoms with van der Waals surface area (Å²) in [5.41, 5.74) is 1.77. The lowest BCUT2D eigenvalue weighted by Crippen LogP contribution is -2.55. The van der Waals surface area contributed by atoms with Gasteiger partial charge in [0.05, 0.1) is 12.2 Å². The van der Waals surface area contributed by atoms with Gasteiger partial charge in [0.15, 0.2) is 0 Å². The molecule has 3 saturated carbocycles. The fourth-order valence-corrected chi connectivity index (χ4v) is 7.78. The molecule has 4 rings (SSSR count). The highest BCUT2D eigenvalue weighted by atomic mass is 16.3. The van der Waals surface area contributed by atoms with Crippen LogP contribution in [0.5, 0.6) is 0 Å². The van der Waals surface area contributed by atoms with Crippen molar-refractivity contribution in [3.05, 3.63) is 11.6 Å². The molecule has 3 heteroatoms. The Morgan fingerprint density at radius 3 is 2.56 bits per heavy atom. The van der Waals surface area contributed by atoms with Gasteiger partial charge in [-0.2, -0.15) is 0 Å². The van der Waals surface area contributed by atoms with Crippen LogP contribution < -0.4 is 0 Å². The van der Waals surface area contributed by atoms with Gasteiger partial charge in [-0.15, -0.1) is 0 Å².